The van der Waals surface area contributed by atoms with E-state index in [1.54, 1.807) is 0 Å². The third kappa shape index (κ3) is 6.14. The Morgan fingerprint density at radius 1 is 1.12 bits per heavy atom. The number of carboxylic acids is 1. The number of carboxylic acid groups (broad SMARTS) is 1. The van der Waals surface area contributed by atoms with Crippen molar-refractivity contribution >= 4 is 16.9 Å². The number of hydrogen-bond acceptors (Lipinski definition) is 5. The fourth-order valence-corrected chi connectivity index (χ4v) is 7.47. The molecule has 0 aliphatic carbocycles. The summed E-state index contributed by atoms with van der Waals surface area (Å²) in [6.45, 7) is 9.45. The Balaban J connectivity index is 1.15. The van der Waals surface area contributed by atoms with Crippen molar-refractivity contribution in [1.82, 2.24) is 19.7 Å². The fourth-order valence-electron chi connectivity index (χ4n) is 7.47. The number of likely N-dealkylation sites (tertiary alicyclic amines) is 2. The average Bonchev–Trinajstić information content (AvgIpc) is 3.27. The Bertz CT molecular complexity index is 1460. The van der Waals surface area contributed by atoms with Gasteiger partial charge in [0.2, 0.25) is 0 Å². The topological polar surface area (TPSA) is 72.0 Å². The lowest BCUT2D eigenvalue weighted by Crippen LogP contribution is -2.61. The number of alkyl halides is 1. The Kier molecular flexibility index (Phi) is 7.98. The second kappa shape index (κ2) is 11.4. The molecule has 2 atom stereocenters. The van der Waals surface area contributed by atoms with E-state index >= 15 is 13.2 Å². The van der Waals surface area contributed by atoms with Crippen LogP contribution in [0.15, 0.2) is 36.4 Å². The summed E-state index contributed by atoms with van der Waals surface area (Å²) in [6.07, 6.45) is 2.65. The van der Waals surface area contributed by atoms with Gasteiger partial charge in [-0.1, -0.05) is 18.2 Å². The molecule has 0 unspecified atom stereocenters. The first kappa shape index (κ1) is 30.0. The van der Waals surface area contributed by atoms with E-state index in [-0.39, 0.29) is 35.9 Å². The van der Waals surface area contributed by atoms with E-state index in [0.717, 1.165) is 55.5 Å². The maximum atomic E-state index is 15.9. The summed E-state index contributed by atoms with van der Waals surface area (Å²) < 4.78 is 52.6. The summed E-state index contributed by atoms with van der Waals surface area (Å²) in [5, 5.41) is 10.0. The van der Waals surface area contributed by atoms with Crippen LogP contribution in [0.1, 0.15) is 56.5 Å². The largest absolute Gasteiger partial charge is 0.492 e. The van der Waals surface area contributed by atoms with Gasteiger partial charge in [0.25, 0.3) is 0 Å². The number of halogens is 3. The molecule has 2 N–H and O–H groups in total. The lowest BCUT2D eigenvalue weighted by Gasteiger charge is -2.53. The molecule has 3 aliphatic rings. The minimum absolute atomic E-state index is 0.0273. The van der Waals surface area contributed by atoms with Crippen LogP contribution >= 0.6 is 0 Å². The molecule has 3 aliphatic heterocycles. The van der Waals surface area contributed by atoms with Crippen molar-refractivity contribution in [3.8, 4) is 5.75 Å². The predicted molar refractivity (Wildman–Crippen MR) is 159 cm³/mol. The molecule has 3 aromatic rings. The number of aliphatic carboxylic acids is 1. The highest BCUT2D eigenvalue weighted by Crippen LogP contribution is 2.44. The van der Waals surface area contributed by atoms with Gasteiger partial charge in [-0.2, -0.15) is 0 Å². The molecular formula is C33H41F3N4O3. The fraction of sp³-hybridized carbons (Fsp3) is 0.545. The second-order valence-corrected chi connectivity index (χ2v) is 13.4. The first-order chi connectivity index (χ1) is 20.4. The zero-order valence-corrected chi connectivity index (χ0v) is 25.1. The lowest BCUT2D eigenvalue weighted by molar-refractivity contribution is -0.143. The van der Waals surface area contributed by atoms with Crippen LogP contribution in [0.5, 0.6) is 5.75 Å². The van der Waals surface area contributed by atoms with Crippen LogP contribution in [0.25, 0.3) is 10.9 Å². The summed E-state index contributed by atoms with van der Waals surface area (Å²) in [4.78, 5) is 20.5. The number of aromatic amines is 1. The van der Waals surface area contributed by atoms with Crippen LogP contribution in [0.2, 0.25) is 0 Å². The Hall–Kier alpha value is -3.08. The van der Waals surface area contributed by atoms with Gasteiger partial charge in [-0.15, -0.1) is 0 Å². The molecule has 0 amide bonds. The van der Waals surface area contributed by atoms with Gasteiger partial charge in [0, 0.05) is 66.5 Å². The van der Waals surface area contributed by atoms with Crippen LogP contribution < -0.4 is 4.74 Å². The number of nitrogens with one attached hydrogen (secondary N) is 1. The van der Waals surface area contributed by atoms with Crippen molar-refractivity contribution in [3.05, 3.63) is 64.9 Å². The number of piperidine rings is 1. The van der Waals surface area contributed by atoms with Crippen LogP contribution in [0.3, 0.4) is 0 Å². The number of nitrogens with zero attached hydrogens (tertiary/aromatic N) is 3. The molecule has 1 aromatic heterocycles. The van der Waals surface area contributed by atoms with E-state index in [1.807, 2.05) is 41.0 Å². The molecule has 43 heavy (non-hydrogen) atoms. The van der Waals surface area contributed by atoms with Crippen molar-refractivity contribution in [3.63, 3.8) is 0 Å². The molecular weight excluding hydrogens is 557 g/mol. The third-order valence-corrected chi connectivity index (χ3v) is 9.47. The van der Waals surface area contributed by atoms with Crippen LogP contribution in [-0.2, 0) is 11.2 Å². The SMILES string of the molecule is C[C@@H]1Cc2c([nH]c3ccccc23)[C@@H](c2c(F)cc(OCCN3CCC4(CC3)CN(CC(=O)O)C4)cc2F)N1CC(C)(C)F. The van der Waals surface area contributed by atoms with Gasteiger partial charge in [0.05, 0.1) is 12.6 Å². The monoisotopic (exact) mass is 598 g/mol. The summed E-state index contributed by atoms with van der Waals surface area (Å²) in [6, 6.07) is 9.37. The number of hydrogen-bond donors (Lipinski definition) is 2. The average molecular weight is 599 g/mol. The van der Waals surface area contributed by atoms with Gasteiger partial charge in [0.1, 0.15) is 29.7 Å². The zero-order chi connectivity index (χ0) is 30.5. The molecule has 0 saturated carbocycles. The maximum absolute atomic E-state index is 15.9. The van der Waals surface area contributed by atoms with Gasteiger partial charge < -0.3 is 14.8 Å². The molecule has 2 fully saturated rings. The van der Waals surface area contributed by atoms with E-state index in [9.17, 15) is 4.79 Å². The Morgan fingerprint density at radius 2 is 1.79 bits per heavy atom. The normalized spacial score (nSPS) is 22.9. The van der Waals surface area contributed by atoms with Crippen molar-refractivity contribution < 1.29 is 27.8 Å². The van der Waals surface area contributed by atoms with E-state index in [0.29, 0.717) is 25.3 Å². The van der Waals surface area contributed by atoms with E-state index < -0.39 is 29.3 Å². The van der Waals surface area contributed by atoms with E-state index in [4.69, 9.17) is 9.84 Å². The highest BCUT2D eigenvalue weighted by Gasteiger charge is 2.45. The number of para-hydroxylation sites is 1. The molecule has 6 rings (SSSR count). The quantitative estimate of drug-likeness (QED) is 0.344. The van der Waals surface area contributed by atoms with Crippen molar-refractivity contribution in [2.24, 2.45) is 5.41 Å². The molecule has 4 heterocycles. The molecule has 0 radical (unpaired) electrons. The Labute approximate surface area is 250 Å². The number of aromatic nitrogens is 1. The molecule has 2 saturated heterocycles. The van der Waals surface area contributed by atoms with Crippen molar-refractivity contribution in [1.29, 1.82) is 0 Å². The van der Waals surface area contributed by atoms with Crippen molar-refractivity contribution in [2.45, 2.75) is 57.8 Å². The first-order valence-corrected chi connectivity index (χ1v) is 15.2. The highest BCUT2D eigenvalue weighted by molar-refractivity contribution is 5.85. The van der Waals surface area contributed by atoms with Gasteiger partial charge >= 0.3 is 5.97 Å². The first-order valence-electron chi connectivity index (χ1n) is 15.2. The van der Waals surface area contributed by atoms with Crippen LogP contribution in [0.4, 0.5) is 13.2 Å². The number of H-pyrrole nitrogens is 1. The summed E-state index contributed by atoms with van der Waals surface area (Å²) >= 11 is 0. The third-order valence-electron chi connectivity index (χ3n) is 9.47. The van der Waals surface area contributed by atoms with Crippen molar-refractivity contribution in [2.75, 3.05) is 52.4 Å². The molecule has 2 aromatic carbocycles. The summed E-state index contributed by atoms with van der Waals surface area (Å²) in [7, 11) is 0. The lowest BCUT2D eigenvalue weighted by atomic mass is 9.72. The number of rotatable bonds is 9. The Morgan fingerprint density at radius 3 is 2.44 bits per heavy atom. The molecule has 0 bridgehead atoms. The summed E-state index contributed by atoms with van der Waals surface area (Å²) in [5.74, 6) is -2.08. The molecule has 7 nitrogen and oxygen atoms in total. The standard InChI is InChI=1S/C33H41F3N4O3/c1-21-14-24-23-6-4-5-7-27(23)37-30(24)31(40(21)18-32(2,3)36)29-25(34)15-22(16-26(29)35)43-13-12-38-10-8-33(9-11-38)19-39(20-33)17-28(41)42/h4-7,15-16,21,31,37H,8-14,17-20H2,1-3H3,(H,41,42)/t21-,31-/m1/s1. The minimum Gasteiger partial charge on any atom is -0.492 e. The smallest absolute Gasteiger partial charge is 0.317 e. The van der Waals surface area contributed by atoms with E-state index in [2.05, 4.69) is 9.88 Å². The molecule has 232 valence electrons. The number of ether oxygens (including phenoxy) is 1. The number of carbonyl (C=O) groups is 1. The maximum Gasteiger partial charge on any atom is 0.317 e. The van der Waals surface area contributed by atoms with Gasteiger partial charge in [-0.3, -0.25) is 19.5 Å². The summed E-state index contributed by atoms with van der Waals surface area (Å²) in [5.41, 5.74) is 1.16. The van der Waals surface area contributed by atoms with Gasteiger partial charge in [-0.05, 0) is 70.2 Å². The van der Waals surface area contributed by atoms with Crippen LogP contribution in [0, 0.1) is 17.0 Å². The predicted octanol–water partition coefficient (Wildman–Crippen LogP) is 5.39. The second-order valence-electron chi connectivity index (χ2n) is 13.4. The van der Waals surface area contributed by atoms with E-state index in [1.165, 1.54) is 26.0 Å². The highest BCUT2D eigenvalue weighted by atomic mass is 19.1. The minimum atomic E-state index is -1.56. The van der Waals surface area contributed by atoms with Gasteiger partial charge in [-0.25, -0.2) is 13.2 Å². The number of fused-ring (bicyclic) bond motifs is 3. The molecule has 1 spiro atoms. The van der Waals surface area contributed by atoms with Gasteiger partial charge in [0.15, 0.2) is 0 Å². The van der Waals surface area contributed by atoms with Crippen LogP contribution in [-0.4, -0.2) is 94.9 Å². The zero-order valence-electron chi connectivity index (χ0n) is 25.1. The molecule has 10 heteroatoms. The number of benzene rings is 2.